The van der Waals surface area contributed by atoms with E-state index in [4.69, 9.17) is 5.73 Å². The molecular formula is C14H20N4O2S. The molecule has 21 heavy (non-hydrogen) atoms. The number of rotatable bonds is 4. The quantitative estimate of drug-likeness (QED) is 0.836. The Morgan fingerprint density at radius 3 is 2.52 bits per heavy atom. The summed E-state index contributed by atoms with van der Waals surface area (Å²) in [6.07, 6.45) is 1.80. The summed E-state index contributed by atoms with van der Waals surface area (Å²) < 4.78 is 29.3. The fourth-order valence-electron chi connectivity index (χ4n) is 2.32. The highest BCUT2D eigenvalue weighted by Crippen LogP contribution is 2.24. The first-order valence-corrected chi connectivity index (χ1v) is 8.05. The van der Waals surface area contributed by atoms with Gasteiger partial charge in [0.2, 0.25) is 10.0 Å². The molecule has 6 nitrogen and oxygen atoms in total. The van der Waals surface area contributed by atoms with E-state index < -0.39 is 10.0 Å². The summed E-state index contributed by atoms with van der Waals surface area (Å²) in [7, 11) is -1.81. The van der Waals surface area contributed by atoms with Gasteiger partial charge < -0.3 is 5.73 Å². The van der Waals surface area contributed by atoms with Crippen LogP contribution in [0.2, 0.25) is 0 Å². The van der Waals surface area contributed by atoms with Crippen LogP contribution in [0.15, 0.2) is 23.2 Å². The van der Waals surface area contributed by atoms with Crippen LogP contribution in [0.3, 0.4) is 0 Å². The molecular weight excluding hydrogens is 288 g/mol. The number of hydrogen-bond acceptors (Lipinski definition) is 4. The smallest absolute Gasteiger partial charge is 0.241 e. The van der Waals surface area contributed by atoms with Crippen LogP contribution in [0.1, 0.15) is 22.4 Å². The Kier molecular flexibility index (Phi) is 4.06. The maximum absolute atomic E-state index is 12.5. The standard InChI is InChI=1S/C14H20N4O2S/c1-9-5-6-13(15)10(2)14(9)21(19,20)16-7-12-8-18(4)17-11(12)3/h5-6,8,16H,7,15H2,1-4H3. The van der Waals surface area contributed by atoms with Crippen molar-refractivity contribution in [1.82, 2.24) is 14.5 Å². The van der Waals surface area contributed by atoms with Gasteiger partial charge in [-0.05, 0) is 38.0 Å². The van der Waals surface area contributed by atoms with E-state index in [2.05, 4.69) is 9.82 Å². The van der Waals surface area contributed by atoms with Crippen molar-refractivity contribution in [3.8, 4) is 0 Å². The lowest BCUT2D eigenvalue weighted by molar-refractivity contribution is 0.580. The van der Waals surface area contributed by atoms with Gasteiger partial charge >= 0.3 is 0 Å². The Hall–Kier alpha value is -1.86. The Morgan fingerprint density at radius 2 is 1.95 bits per heavy atom. The van der Waals surface area contributed by atoms with Crippen molar-refractivity contribution in [2.45, 2.75) is 32.2 Å². The second-order valence-electron chi connectivity index (χ2n) is 5.16. The highest BCUT2D eigenvalue weighted by Gasteiger charge is 2.21. The predicted molar refractivity (Wildman–Crippen MR) is 82.3 cm³/mol. The highest BCUT2D eigenvalue weighted by atomic mass is 32.2. The van der Waals surface area contributed by atoms with Crippen LogP contribution in [0.25, 0.3) is 0 Å². The molecule has 1 aromatic carbocycles. The minimum absolute atomic E-state index is 0.204. The largest absolute Gasteiger partial charge is 0.398 e. The van der Waals surface area contributed by atoms with Crippen LogP contribution < -0.4 is 10.5 Å². The number of aryl methyl sites for hydroxylation is 3. The maximum Gasteiger partial charge on any atom is 0.241 e. The predicted octanol–water partition coefficient (Wildman–Crippen LogP) is 1.41. The van der Waals surface area contributed by atoms with Crippen molar-refractivity contribution in [2.75, 3.05) is 5.73 Å². The lowest BCUT2D eigenvalue weighted by Gasteiger charge is -2.13. The van der Waals surface area contributed by atoms with E-state index in [1.807, 2.05) is 6.92 Å². The topological polar surface area (TPSA) is 90.0 Å². The molecule has 3 N–H and O–H groups in total. The first-order chi connectivity index (χ1) is 9.72. The molecule has 0 radical (unpaired) electrons. The zero-order valence-electron chi connectivity index (χ0n) is 12.6. The van der Waals surface area contributed by atoms with Crippen molar-refractivity contribution in [3.63, 3.8) is 0 Å². The molecule has 7 heteroatoms. The molecule has 0 bridgehead atoms. The molecule has 0 amide bonds. The van der Waals surface area contributed by atoms with Gasteiger partial charge in [-0.2, -0.15) is 5.10 Å². The van der Waals surface area contributed by atoms with Gasteiger partial charge in [-0.15, -0.1) is 0 Å². The zero-order valence-corrected chi connectivity index (χ0v) is 13.5. The lowest BCUT2D eigenvalue weighted by Crippen LogP contribution is -2.25. The van der Waals surface area contributed by atoms with E-state index >= 15 is 0 Å². The molecule has 0 unspecified atom stereocenters. The van der Waals surface area contributed by atoms with Gasteiger partial charge in [-0.1, -0.05) is 6.07 Å². The summed E-state index contributed by atoms with van der Waals surface area (Å²) in [5.41, 5.74) is 9.19. The van der Waals surface area contributed by atoms with Crippen molar-refractivity contribution in [1.29, 1.82) is 0 Å². The van der Waals surface area contributed by atoms with Gasteiger partial charge in [0.15, 0.2) is 0 Å². The SMILES string of the molecule is Cc1ccc(N)c(C)c1S(=O)(=O)NCc1cn(C)nc1C. The molecule has 0 aliphatic heterocycles. The van der Waals surface area contributed by atoms with Gasteiger partial charge in [0.25, 0.3) is 0 Å². The molecule has 0 fully saturated rings. The molecule has 0 saturated carbocycles. The Labute approximate surface area is 125 Å². The monoisotopic (exact) mass is 308 g/mol. The fourth-order valence-corrected chi connectivity index (χ4v) is 3.83. The van der Waals surface area contributed by atoms with Crippen molar-refractivity contribution >= 4 is 15.7 Å². The number of nitrogens with zero attached hydrogens (tertiary/aromatic N) is 2. The van der Waals surface area contributed by atoms with Crippen LogP contribution in [0.5, 0.6) is 0 Å². The van der Waals surface area contributed by atoms with Gasteiger partial charge in [-0.3, -0.25) is 4.68 Å². The molecule has 2 aromatic rings. The Morgan fingerprint density at radius 1 is 1.29 bits per heavy atom. The molecule has 1 heterocycles. The molecule has 114 valence electrons. The molecule has 0 saturated heterocycles. The second-order valence-corrected chi connectivity index (χ2v) is 6.87. The molecule has 2 rings (SSSR count). The van der Waals surface area contributed by atoms with Crippen molar-refractivity contribution in [3.05, 3.63) is 40.7 Å². The van der Waals surface area contributed by atoms with Crippen LogP contribution in [0.4, 0.5) is 5.69 Å². The number of anilines is 1. The van der Waals surface area contributed by atoms with E-state index in [0.29, 0.717) is 16.8 Å². The number of benzene rings is 1. The van der Waals surface area contributed by atoms with E-state index in [1.165, 1.54) is 0 Å². The number of nitrogens with two attached hydrogens (primary N) is 1. The third kappa shape index (κ3) is 3.08. The zero-order chi connectivity index (χ0) is 15.8. The average Bonchev–Trinajstić information content (AvgIpc) is 2.70. The first kappa shape index (κ1) is 15.5. The molecule has 0 aliphatic rings. The minimum atomic E-state index is -3.62. The number of nitrogen functional groups attached to an aromatic ring is 1. The van der Waals surface area contributed by atoms with E-state index in [9.17, 15) is 8.42 Å². The number of sulfonamides is 1. The normalized spacial score (nSPS) is 11.8. The van der Waals surface area contributed by atoms with Crippen molar-refractivity contribution in [2.24, 2.45) is 7.05 Å². The van der Waals surface area contributed by atoms with Crippen molar-refractivity contribution < 1.29 is 8.42 Å². The average molecular weight is 308 g/mol. The minimum Gasteiger partial charge on any atom is -0.398 e. The van der Waals surface area contributed by atoms with Crippen LogP contribution in [0, 0.1) is 20.8 Å². The fraction of sp³-hybridized carbons (Fsp3) is 0.357. The summed E-state index contributed by atoms with van der Waals surface area (Å²) in [5.74, 6) is 0. The number of hydrogen-bond donors (Lipinski definition) is 2. The van der Waals surface area contributed by atoms with Crippen LogP contribution in [-0.2, 0) is 23.6 Å². The number of aromatic nitrogens is 2. The summed E-state index contributed by atoms with van der Waals surface area (Å²) in [4.78, 5) is 0.254. The second kappa shape index (κ2) is 5.50. The molecule has 1 aromatic heterocycles. The number of nitrogens with one attached hydrogen (secondary N) is 1. The summed E-state index contributed by atoms with van der Waals surface area (Å²) >= 11 is 0. The van der Waals surface area contributed by atoms with Gasteiger partial charge in [0, 0.05) is 31.0 Å². The van der Waals surface area contributed by atoms with Gasteiger partial charge in [0.05, 0.1) is 10.6 Å². The first-order valence-electron chi connectivity index (χ1n) is 6.57. The van der Waals surface area contributed by atoms with E-state index in [-0.39, 0.29) is 11.4 Å². The molecule has 0 atom stereocenters. The van der Waals surface area contributed by atoms with Gasteiger partial charge in [-0.25, -0.2) is 13.1 Å². The van der Waals surface area contributed by atoms with Gasteiger partial charge in [0.1, 0.15) is 0 Å². The summed E-state index contributed by atoms with van der Waals surface area (Å²) in [6, 6.07) is 3.43. The Bertz CT molecular complexity index is 779. The highest BCUT2D eigenvalue weighted by molar-refractivity contribution is 7.89. The van der Waals surface area contributed by atoms with E-state index in [1.54, 1.807) is 43.9 Å². The van der Waals surface area contributed by atoms with E-state index in [0.717, 1.165) is 11.3 Å². The third-order valence-corrected chi connectivity index (χ3v) is 5.17. The maximum atomic E-state index is 12.5. The molecule has 0 aliphatic carbocycles. The summed E-state index contributed by atoms with van der Waals surface area (Å²) in [6.45, 7) is 5.53. The van der Waals surface area contributed by atoms with Crippen LogP contribution in [-0.4, -0.2) is 18.2 Å². The third-order valence-electron chi connectivity index (χ3n) is 3.48. The summed E-state index contributed by atoms with van der Waals surface area (Å²) in [5, 5.41) is 4.20. The Balaban J connectivity index is 2.31. The van der Waals surface area contributed by atoms with Crippen LogP contribution >= 0.6 is 0 Å². The molecule has 0 spiro atoms. The lowest BCUT2D eigenvalue weighted by atomic mass is 10.1.